The fourth-order valence-corrected chi connectivity index (χ4v) is 1.44. The molecule has 2 aromatic rings. The summed E-state index contributed by atoms with van der Waals surface area (Å²) < 4.78 is 0. The van der Waals surface area contributed by atoms with Crippen LogP contribution in [0.1, 0.15) is 12.5 Å². The Morgan fingerprint density at radius 3 is 3.23 bits per heavy atom. The molecule has 0 unspecified atom stereocenters. The van der Waals surface area contributed by atoms with Crippen LogP contribution in [0.4, 0.5) is 0 Å². The van der Waals surface area contributed by atoms with Gasteiger partial charge < -0.3 is 4.98 Å². The lowest BCUT2D eigenvalue weighted by Crippen LogP contribution is -1.82. The van der Waals surface area contributed by atoms with Gasteiger partial charge in [-0.2, -0.15) is 0 Å². The summed E-state index contributed by atoms with van der Waals surface area (Å²) in [6.45, 7) is 2.03. The van der Waals surface area contributed by atoms with E-state index in [1.807, 2.05) is 13.0 Å². The minimum Gasteiger partial charge on any atom is -0.345 e. The lowest BCUT2D eigenvalue weighted by atomic mass is 10.1. The Kier molecular flexibility index (Phi) is 2.13. The van der Waals surface area contributed by atoms with Crippen molar-refractivity contribution in [1.29, 1.82) is 0 Å². The number of imidazole rings is 1. The summed E-state index contributed by atoms with van der Waals surface area (Å²) in [6.07, 6.45) is 6.90. The van der Waals surface area contributed by atoms with Crippen molar-refractivity contribution < 1.29 is 0 Å². The molecule has 0 spiro atoms. The first-order chi connectivity index (χ1) is 6.42. The number of nitrogens with one attached hydrogen (secondary N) is 1. The predicted octanol–water partition coefficient (Wildman–Crippen LogP) is 2.68. The van der Waals surface area contributed by atoms with Crippen LogP contribution < -0.4 is 0 Å². The maximum absolute atomic E-state index is 4.28. The van der Waals surface area contributed by atoms with E-state index < -0.39 is 0 Å². The summed E-state index contributed by atoms with van der Waals surface area (Å²) >= 11 is 0. The van der Waals surface area contributed by atoms with Crippen LogP contribution in [0.2, 0.25) is 0 Å². The van der Waals surface area contributed by atoms with Crippen molar-refractivity contribution >= 4 is 11.0 Å². The summed E-state index contributed by atoms with van der Waals surface area (Å²) in [6, 6.07) is 6.21. The van der Waals surface area contributed by atoms with Gasteiger partial charge in [-0.1, -0.05) is 24.3 Å². The van der Waals surface area contributed by atoms with E-state index in [1.165, 1.54) is 5.56 Å². The van der Waals surface area contributed by atoms with Crippen molar-refractivity contribution in [3.63, 3.8) is 0 Å². The maximum Gasteiger partial charge on any atom is 0.0931 e. The molecule has 0 atom stereocenters. The molecule has 0 bridgehead atoms. The molecule has 0 fully saturated rings. The molecule has 0 amide bonds. The van der Waals surface area contributed by atoms with Crippen molar-refractivity contribution in [2.45, 2.75) is 13.3 Å². The lowest BCUT2D eigenvalue weighted by Gasteiger charge is -1.96. The molecule has 1 heterocycles. The van der Waals surface area contributed by atoms with Gasteiger partial charge in [0.05, 0.1) is 17.4 Å². The number of hydrogen-bond acceptors (Lipinski definition) is 1. The van der Waals surface area contributed by atoms with Crippen LogP contribution >= 0.6 is 0 Å². The molecule has 0 aliphatic rings. The quantitative estimate of drug-likeness (QED) is 0.693. The van der Waals surface area contributed by atoms with E-state index in [0.29, 0.717) is 0 Å². The zero-order valence-corrected chi connectivity index (χ0v) is 7.62. The zero-order chi connectivity index (χ0) is 9.10. The molecule has 0 saturated heterocycles. The van der Waals surface area contributed by atoms with Gasteiger partial charge in [-0.25, -0.2) is 4.98 Å². The van der Waals surface area contributed by atoms with E-state index in [9.17, 15) is 0 Å². The molecule has 1 aromatic heterocycles. The average Bonchev–Trinajstić information content (AvgIpc) is 2.62. The highest BCUT2D eigenvalue weighted by molar-refractivity contribution is 5.78. The van der Waals surface area contributed by atoms with Gasteiger partial charge in [0.15, 0.2) is 0 Å². The second kappa shape index (κ2) is 3.44. The van der Waals surface area contributed by atoms with E-state index in [-0.39, 0.29) is 0 Å². The highest BCUT2D eigenvalue weighted by atomic mass is 14.9. The van der Waals surface area contributed by atoms with E-state index in [0.717, 1.165) is 17.5 Å². The van der Waals surface area contributed by atoms with Crippen molar-refractivity contribution in [3.8, 4) is 0 Å². The van der Waals surface area contributed by atoms with Gasteiger partial charge >= 0.3 is 0 Å². The maximum atomic E-state index is 4.28. The summed E-state index contributed by atoms with van der Waals surface area (Å²) in [4.78, 5) is 7.38. The standard InChI is InChI=1S/C11H12N2/c1-2-3-5-9-6-4-7-10-11(9)13-8-12-10/h2-4,6-8H,5H2,1H3,(H,12,13). The Morgan fingerprint density at radius 1 is 1.46 bits per heavy atom. The number of nitrogens with zero attached hydrogens (tertiary/aromatic N) is 1. The van der Waals surface area contributed by atoms with Crippen molar-refractivity contribution in [1.82, 2.24) is 9.97 Å². The van der Waals surface area contributed by atoms with Gasteiger partial charge in [-0.3, -0.25) is 0 Å². The SMILES string of the molecule is CC=CCc1cccc2[nH]cnc12. The molecule has 2 rings (SSSR count). The fraction of sp³-hybridized carbons (Fsp3) is 0.182. The summed E-state index contributed by atoms with van der Waals surface area (Å²) in [5.74, 6) is 0. The number of aromatic nitrogens is 2. The fourth-order valence-electron chi connectivity index (χ4n) is 1.44. The van der Waals surface area contributed by atoms with Crippen LogP contribution in [0.15, 0.2) is 36.7 Å². The number of benzene rings is 1. The van der Waals surface area contributed by atoms with Crippen molar-refractivity contribution in [3.05, 3.63) is 42.2 Å². The van der Waals surface area contributed by atoms with E-state index in [4.69, 9.17) is 0 Å². The molecule has 0 saturated carbocycles. The predicted molar refractivity (Wildman–Crippen MR) is 54.6 cm³/mol. The number of fused-ring (bicyclic) bond motifs is 1. The molecular formula is C11H12N2. The highest BCUT2D eigenvalue weighted by Crippen LogP contribution is 2.14. The third-order valence-electron chi connectivity index (χ3n) is 2.11. The molecule has 0 aliphatic carbocycles. The average molecular weight is 172 g/mol. The highest BCUT2D eigenvalue weighted by Gasteiger charge is 1.99. The van der Waals surface area contributed by atoms with Gasteiger partial charge in [0.2, 0.25) is 0 Å². The van der Waals surface area contributed by atoms with Crippen LogP contribution in [0, 0.1) is 0 Å². The first kappa shape index (κ1) is 8.05. The Bertz CT molecular complexity index is 426. The van der Waals surface area contributed by atoms with E-state index in [2.05, 4.69) is 34.3 Å². The Balaban J connectivity index is 2.48. The Hall–Kier alpha value is -1.57. The van der Waals surface area contributed by atoms with Gasteiger partial charge in [0.25, 0.3) is 0 Å². The molecule has 0 aliphatic heterocycles. The second-order valence-corrected chi connectivity index (χ2v) is 2.99. The number of hydrogen-bond donors (Lipinski definition) is 1. The molecule has 1 aromatic carbocycles. The van der Waals surface area contributed by atoms with Gasteiger partial charge in [-0.05, 0) is 25.0 Å². The van der Waals surface area contributed by atoms with Crippen molar-refractivity contribution in [2.24, 2.45) is 0 Å². The second-order valence-electron chi connectivity index (χ2n) is 2.99. The van der Waals surface area contributed by atoms with Crippen LogP contribution in [0.3, 0.4) is 0 Å². The first-order valence-corrected chi connectivity index (χ1v) is 4.44. The molecule has 66 valence electrons. The number of para-hydroxylation sites is 1. The van der Waals surface area contributed by atoms with Gasteiger partial charge in [0, 0.05) is 0 Å². The number of rotatable bonds is 2. The van der Waals surface area contributed by atoms with Crippen LogP contribution in [-0.4, -0.2) is 9.97 Å². The van der Waals surface area contributed by atoms with E-state index in [1.54, 1.807) is 6.33 Å². The van der Waals surface area contributed by atoms with Crippen LogP contribution in [-0.2, 0) is 6.42 Å². The number of aromatic amines is 1. The topological polar surface area (TPSA) is 28.7 Å². The summed E-state index contributed by atoms with van der Waals surface area (Å²) in [5, 5.41) is 0. The van der Waals surface area contributed by atoms with Gasteiger partial charge in [0.1, 0.15) is 0 Å². The number of allylic oxidation sites excluding steroid dienone is 2. The molecule has 1 N–H and O–H groups in total. The third kappa shape index (κ3) is 1.47. The Labute approximate surface area is 77.3 Å². The van der Waals surface area contributed by atoms with E-state index >= 15 is 0 Å². The monoisotopic (exact) mass is 172 g/mol. The Morgan fingerprint density at radius 2 is 2.38 bits per heavy atom. The molecule has 0 radical (unpaired) electrons. The van der Waals surface area contributed by atoms with Crippen LogP contribution in [0.25, 0.3) is 11.0 Å². The summed E-state index contributed by atoms with van der Waals surface area (Å²) in [5.41, 5.74) is 3.47. The lowest BCUT2D eigenvalue weighted by molar-refractivity contribution is 1.27. The summed E-state index contributed by atoms with van der Waals surface area (Å²) in [7, 11) is 0. The first-order valence-electron chi connectivity index (χ1n) is 4.44. The molecule has 2 nitrogen and oxygen atoms in total. The minimum atomic E-state index is 0.957. The zero-order valence-electron chi connectivity index (χ0n) is 7.62. The number of H-pyrrole nitrogens is 1. The minimum absolute atomic E-state index is 0.957. The largest absolute Gasteiger partial charge is 0.345 e. The smallest absolute Gasteiger partial charge is 0.0931 e. The normalized spacial score (nSPS) is 11.5. The van der Waals surface area contributed by atoms with Crippen LogP contribution in [0.5, 0.6) is 0 Å². The molecule has 13 heavy (non-hydrogen) atoms. The van der Waals surface area contributed by atoms with Crippen molar-refractivity contribution in [2.75, 3.05) is 0 Å². The van der Waals surface area contributed by atoms with Gasteiger partial charge in [-0.15, -0.1) is 0 Å². The molecular weight excluding hydrogens is 160 g/mol. The molecule has 2 heteroatoms. The third-order valence-corrected chi connectivity index (χ3v) is 2.11.